The van der Waals surface area contributed by atoms with Gasteiger partial charge in [-0.05, 0) is 0 Å². The number of para-hydroxylation sites is 2. The number of hydrogen-bond acceptors (Lipinski definition) is 3. The first-order chi connectivity index (χ1) is 10.4. The second kappa shape index (κ2) is 5.38. The topological polar surface area (TPSA) is 20.3 Å². The Balaban J connectivity index is 1.94. The molecule has 1 aromatic heterocycles. The Bertz CT molecular complexity index is 781. The summed E-state index contributed by atoms with van der Waals surface area (Å²) < 4.78 is 2.24. The van der Waals surface area contributed by atoms with E-state index in [2.05, 4.69) is 59.5 Å². The summed E-state index contributed by atoms with van der Waals surface area (Å²) in [5.41, 5.74) is 2.44. The average molecular weight is 405 g/mol. The fourth-order valence-corrected chi connectivity index (χ4v) is 5.95. The zero-order chi connectivity index (χ0) is 14.2. The van der Waals surface area contributed by atoms with Gasteiger partial charge < -0.3 is 0 Å². The van der Waals surface area contributed by atoms with E-state index in [-0.39, 0.29) is 0 Å². The van der Waals surface area contributed by atoms with E-state index in [4.69, 9.17) is 0 Å². The molecule has 0 fully saturated rings. The summed E-state index contributed by atoms with van der Waals surface area (Å²) >= 11 is 1.22. The molecule has 1 aliphatic rings. The van der Waals surface area contributed by atoms with Crippen LogP contribution < -0.4 is 4.90 Å². The number of hydrogen-bond donors (Lipinski definition) is 0. The molecule has 102 valence electrons. The van der Waals surface area contributed by atoms with Crippen molar-refractivity contribution in [2.75, 3.05) is 4.90 Å². The average Bonchev–Trinajstić information content (AvgIpc) is 3.01. The predicted octanol–water partition coefficient (Wildman–Crippen LogP) is 4.49. The van der Waals surface area contributed by atoms with E-state index in [1.54, 1.807) is 0 Å². The molecule has 0 amide bonds. The van der Waals surface area contributed by atoms with Crippen LogP contribution >= 0.6 is 11.8 Å². The Morgan fingerprint density at radius 1 is 0.857 bits per heavy atom. The van der Waals surface area contributed by atoms with E-state index in [1.165, 1.54) is 24.9 Å². The fourth-order valence-electron chi connectivity index (χ4n) is 2.47. The van der Waals surface area contributed by atoms with Crippen LogP contribution in [0.5, 0.6) is 0 Å². The fraction of sp³-hybridized carbons (Fsp3) is 0. The molecular formula is C17H11NOSTe. The zero-order valence-corrected chi connectivity index (χ0v) is 14.2. The van der Waals surface area contributed by atoms with Gasteiger partial charge in [0.05, 0.1) is 0 Å². The molecule has 0 unspecified atom stereocenters. The summed E-state index contributed by atoms with van der Waals surface area (Å²) in [4.78, 5) is 15.9. The molecule has 2 nitrogen and oxygen atoms in total. The molecule has 2 aromatic carbocycles. The number of anilines is 3. The summed E-state index contributed by atoms with van der Waals surface area (Å²) in [5.74, 6) is 0. The summed E-state index contributed by atoms with van der Waals surface area (Å²) in [6.07, 6.45) is 1.00. The molecule has 4 rings (SSSR count). The molecule has 0 bridgehead atoms. The van der Waals surface area contributed by atoms with Gasteiger partial charge in [-0.25, -0.2) is 0 Å². The van der Waals surface area contributed by atoms with Crippen LogP contribution in [0.3, 0.4) is 0 Å². The molecule has 21 heavy (non-hydrogen) atoms. The van der Waals surface area contributed by atoms with Crippen LogP contribution in [0, 0.1) is 0 Å². The molecule has 3 aromatic rings. The number of nitrogens with zero attached hydrogens (tertiary/aromatic N) is 1. The SMILES string of the molecule is O=Cc1ccc(N2c3ccccc3Sc3ccccc32)[te]1. The first kappa shape index (κ1) is 13.2. The van der Waals surface area contributed by atoms with Crippen molar-refractivity contribution >= 4 is 53.6 Å². The molecule has 0 atom stereocenters. The second-order valence-corrected chi connectivity index (χ2v) is 8.87. The monoisotopic (exact) mass is 407 g/mol. The Kier molecular flexibility index (Phi) is 3.38. The first-order valence-corrected chi connectivity index (χ1v) is 9.72. The summed E-state index contributed by atoms with van der Waals surface area (Å²) in [5, 5.41) is 0. The van der Waals surface area contributed by atoms with Crippen molar-refractivity contribution in [1.29, 1.82) is 0 Å². The number of fused-ring (bicyclic) bond motifs is 2. The van der Waals surface area contributed by atoms with Crippen LogP contribution in [0.2, 0.25) is 0 Å². The van der Waals surface area contributed by atoms with Gasteiger partial charge in [0.1, 0.15) is 0 Å². The molecular weight excluding hydrogens is 394 g/mol. The number of carbonyl (C=O) groups excluding carboxylic acids is 1. The molecule has 2 heterocycles. The van der Waals surface area contributed by atoms with Gasteiger partial charge in [0.15, 0.2) is 0 Å². The van der Waals surface area contributed by atoms with Gasteiger partial charge in [0.25, 0.3) is 0 Å². The Morgan fingerprint density at radius 2 is 1.48 bits per heavy atom. The third-order valence-electron chi connectivity index (χ3n) is 3.38. The molecule has 1 aliphatic heterocycles. The van der Waals surface area contributed by atoms with Gasteiger partial charge >= 0.3 is 137 Å². The second-order valence-electron chi connectivity index (χ2n) is 4.67. The summed E-state index contributed by atoms with van der Waals surface area (Å²) in [6, 6.07) is 21.0. The van der Waals surface area contributed by atoms with Crippen molar-refractivity contribution in [3.8, 4) is 0 Å². The van der Waals surface area contributed by atoms with E-state index >= 15 is 0 Å². The van der Waals surface area contributed by atoms with Gasteiger partial charge in [-0.3, -0.25) is 0 Å². The van der Waals surface area contributed by atoms with Crippen molar-refractivity contribution in [3.63, 3.8) is 0 Å². The molecule has 0 aliphatic carbocycles. The van der Waals surface area contributed by atoms with Gasteiger partial charge in [-0.15, -0.1) is 0 Å². The van der Waals surface area contributed by atoms with Gasteiger partial charge in [0, 0.05) is 0 Å². The van der Waals surface area contributed by atoms with Crippen LogP contribution in [0.1, 0.15) is 8.37 Å². The Hall–Kier alpha value is -1.47. The number of rotatable bonds is 2. The van der Waals surface area contributed by atoms with E-state index in [0.29, 0.717) is 0 Å². The summed E-state index contributed by atoms with van der Waals surface area (Å²) in [7, 11) is 0. The number of carbonyl (C=O) groups is 1. The van der Waals surface area contributed by atoms with E-state index in [0.717, 1.165) is 9.87 Å². The minimum atomic E-state index is -0.594. The summed E-state index contributed by atoms with van der Waals surface area (Å²) in [6.45, 7) is 0. The Labute approximate surface area is 137 Å². The minimum absolute atomic E-state index is 0.594. The zero-order valence-electron chi connectivity index (χ0n) is 11.0. The first-order valence-electron chi connectivity index (χ1n) is 6.58. The third-order valence-corrected chi connectivity index (χ3v) is 7.35. The predicted molar refractivity (Wildman–Crippen MR) is 87.6 cm³/mol. The van der Waals surface area contributed by atoms with E-state index in [9.17, 15) is 4.79 Å². The van der Waals surface area contributed by atoms with Crippen LogP contribution in [0.25, 0.3) is 0 Å². The molecule has 0 radical (unpaired) electrons. The number of aldehydes is 1. The molecule has 0 saturated carbocycles. The molecule has 0 N–H and O–H groups in total. The third kappa shape index (κ3) is 2.24. The van der Waals surface area contributed by atoms with E-state index in [1.807, 2.05) is 17.8 Å². The Morgan fingerprint density at radius 3 is 2.05 bits per heavy atom. The van der Waals surface area contributed by atoms with Gasteiger partial charge in [-0.2, -0.15) is 0 Å². The maximum atomic E-state index is 11.0. The van der Waals surface area contributed by atoms with Crippen LogP contribution in [0.15, 0.2) is 70.5 Å². The number of benzene rings is 2. The standard InChI is InChI=1S/C17H11NOSTe/c19-11-12-9-10-17(21-12)18-13-5-1-3-7-15(13)20-16-8-4-2-6-14(16)18/h1-11H. The van der Waals surface area contributed by atoms with Crippen LogP contribution in [-0.2, 0) is 0 Å². The van der Waals surface area contributed by atoms with Crippen molar-refractivity contribution < 1.29 is 4.79 Å². The van der Waals surface area contributed by atoms with Crippen LogP contribution in [0.4, 0.5) is 15.1 Å². The van der Waals surface area contributed by atoms with Gasteiger partial charge in [0.2, 0.25) is 0 Å². The van der Waals surface area contributed by atoms with Gasteiger partial charge in [-0.1, -0.05) is 0 Å². The quantitative estimate of drug-likeness (QED) is 0.362. The molecule has 0 spiro atoms. The van der Waals surface area contributed by atoms with Crippen molar-refractivity contribution in [3.05, 3.63) is 64.2 Å². The van der Waals surface area contributed by atoms with Crippen molar-refractivity contribution in [2.24, 2.45) is 0 Å². The molecule has 0 saturated heterocycles. The maximum absolute atomic E-state index is 11.0. The van der Waals surface area contributed by atoms with Crippen molar-refractivity contribution in [1.82, 2.24) is 0 Å². The molecule has 4 heteroatoms. The normalized spacial score (nSPS) is 12.7. The van der Waals surface area contributed by atoms with Crippen molar-refractivity contribution in [2.45, 2.75) is 9.79 Å². The van der Waals surface area contributed by atoms with Crippen LogP contribution in [-0.4, -0.2) is 26.7 Å². The van der Waals surface area contributed by atoms with E-state index < -0.39 is 20.4 Å².